The van der Waals surface area contributed by atoms with Crippen LogP contribution in [0.15, 0.2) is 48.5 Å². The maximum absolute atomic E-state index is 13.3. The van der Waals surface area contributed by atoms with E-state index in [1.165, 1.54) is 0 Å². The van der Waals surface area contributed by atoms with Crippen molar-refractivity contribution in [2.45, 2.75) is 46.7 Å². The predicted octanol–water partition coefficient (Wildman–Crippen LogP) is 5.09. The highest BCUT2D eigenvalue weighted by Crippen LogP contribution is 2.42. The average Bonchev–Trinajstić information content (AvgIpc) is 3.14. The normalized spacial score (nSPS) is 14.0. The Morgan fingerprint density at radius 2 is 1.71 bits per heavy atom. The van der Waals surface area contributed by atoms with Crippen LogP contribution in [0.25, 0.3) is 22.5 Å². The van der Waals surface area contributed by atoms with E-state index < -0.39 is 0 Å². The lowest BCUT2D eigenvalue weighted by Crippen LogP contribution is -2.35. The number of amides is 1. The number of hydrogen-bond donors (Lipinski definition) is 0. The molecule has 1 unspecified atom stereocenters. The quantitative estimate of drug-likeness (QED) is 0.642. The first-order chi connectivity index (χ1) is 13.5. The van der Waals surface area contributed by atoms with E-state index in [1.807, 2.05) is 52.9 Å². The summed E-state index contributed by atoms with van der Waals surface area (Å²) >= 11 is 0. The van der Waals surface area contributed by atoms with Crippen LogP contribution >= 0.6 is 0 Å². The molecule has 0 spiro atoms. The topological polar surface area (TPSA) is 51.0 Å². The third-order valence-corrected chi connectivity index (χ3v) is 5.53. The Kier molecular flexibility index (Phi) is 4.75. The highest BCUT2D eigenvalue weighted by Gasteiger charge is 2.30. The molecule has 1 aromatic heterocycles. The first-order valence-electron chi connectivity index (χ1n) is 9.97. The summed E-state index contributed by atoms with van der Waals surface area (Å²) in [6.45, 7) is 8.82. The van der Waals surface area contributed by atoms with Gasteiger partial charge >= 0.3 is 0 Å². The van der Waals surface area contributed by atoms with Crippen LogP contribution in [0.3, 0.4) is 0 Å². The molecule has 4 rings (SSSR count). The van der Waals surface area contributed by atoms with E-state index in [1.54, 1.807) is 0 Å². The molecule has 5 nitrogen and oxygen atoms in total. The molecule has 3 aromatic rings. The standard InChI is InChI=1S/C23H26N4O/c1-5-16(4)23(28)26-14-17-10-6-7-11-18(17)22-21(24-25-27(22)15(2)3)19-12-8-9-13-20(19)26/h6-13,15-16H,5,14H2,1-4H3. The van der Waals surface area contributed by atoms with E-state index >= 15 is 0 Å². The zero-order valence-electron chi connectivity index (χ0n) is 16.9. The number of benzene rings is 2. The summed E-state index contributed by atoms with van der Waals surface area (Å²) in [5.41, 5.74) is 5.91. The summed E-state index contributed by atoms with van der Waals surface area (Å²) in [6, 6.07) is 16.5. The largest absolute Gasteiger partial charge is 0.307 e. The summed E-state index contributed by atoms with van der Waals surface area (Å²) in [6.07, 6.45) is 0.813. The van der Waals surface area contributed by atoms with Gasteiger partial charge in [-0.1, -0.05) is 61.5 Å². The van der Waals surface area contributed by atoms with Crippen molar-refractivity contribution in [1.29, 1.82) is 0 Å². The second-order valence-corrected chi connectivity index (χ2v) is 7.73. The number of fused-ring (bicyclic) bond motifs is 5. The average molecular weight is 374 g/mol. The molecule has 0 aliphatic carbocycles. The van der Waals surface area contributed by atoms with Crippen molar-refractivity contribution in [3.8, 4) is 22.5 Å². The van der Waals surface area contributed by atoms with Crippen molar-refractivity contribution < 1.29 is 4.79 Å². The summed E-state index contributed by atoms with van der Waals surface area (Å²) < 4.78 is 1.98. The van der Waals surface area contributed by atoms with Crippen molar-refractivity contribution >= 4 is 11.6 Å². The number of anilines is 1. The molecule has 144 valence electrons. The van der Waals surface area contributed by atoms with E-state index in [0.717, 1.165) is 40.2 Å². The van der Waals surface area contributed by atoms with Gasteiger partial charge in [-0.05, 0) is 31.9 Å². The molecule has 28 heavy (non-hydrogen) atoms. The van der Waals surface area contributed by atoms with Gasteiger partial charge < -0.3 is 4.90 Å². The molecule has 0 N–H and O–H groups in total. The molecule has 0 fully saturated rings. The Balaban J connectivity index is 2.03. The molecule has 1 aliphatic heterocycles. The third-order valence-electron chi connectivity index (χ3n) is 5.53. The Hall–Kier alpha value is -2.95. The van der Waals surface area contributed by atoms with E-state index in [0.29, 0.717) is 6.54 Å². The lowest BCUT2D eigenvalue weighted by molar-refractivity contribution is -0.122. The highest BCUT2D eigenvalue weighted by atomic mass is 16.2. The second-order valence-electron chi connectivity index (χ2n) is 7.73. The third kappa shape index (κ3) is 2.91. The zero-order valence-corrected chi connectivity index (χ0v) is 16.9. The van der Waals surface area contributed by atoms with Gasteiger partial charge in [0, 0.05) is 23.1 Å². The summed E-state index contributed by atoms with van der Waals surface area (Å²) in [5.74, 6) is 0.106. The molecule has 0 saturated carbocycles. The highest BCUT2D eigenvalue weighted by molar-refractivity contribution is 6.01. The lowest BCUT2D eigenvalue weighted by Gasteiger charge is -2.30. The maximum Gasteiger partial charge on any atom is 0.230 e. The number of aromatic nitrogens is 3. The smallest absolute Gasteiger partial charge is 0.230 e. The molecule has 0 radical (unpaired) electrons. The van der Waals surface area contributed by atoms with E-state index in [2.05, 4.69) is 43.2 Å². The number of nitrogens with zero attached hydrogens (tertiary/aromatic N) is 4. The van der Waals surface area contributed by atoms with Crippen LogP contribution in [0.1, 0.15) is 45.7 Å². The van der Waals surface area contributed by atoms with Gasteiger partial charge in [-0.15, -0.1) is 5.10 Å². The second kappa shape index (κ2) is 7.23. The van der Waals surface area contributed by atoms with Gasteiger partial charge in [-0.3, -0.25) is 4.79 Å². The molecule has 1 amide bonds. The Morgan fingerprint density at radius 1 is 1.04 bits per heavy atom. The first-order valence-corrected chi connectivity index (χ1v) is 9.97. The molecular formula is C23H26N4O. The Labute approximate surface area is 166 Å². The molecule has 0 bridgehead atoms. The van der Waals surface area contributed by atoms with E-state index in [-0.39, 0.29) is 17.9 Å². The van der Waals surface area contributed by atoms with Gasteiger partial charge in [0.05, 0.1) is 17.9 Å². The first kappa shape index (κ1) is 18.4. The molecule has 1 aliphatic rings. The van der Waals surface area contributed by atoms with Gasteiger partial charge in [0.25, 0.3) is 0 Å². The minimum Gasteiger partial charge on any atom is -0.307 e. The number of hydrogen-bond acceptors (Lipinski definition) is 3. The molecule has 1 atom stereocenters. The van der Waals surface area contributed by atoms with Gasteiger partial charge in [-0.25, -0.2) is 4.68 Å². The fourth-order valence-electron chi connectivity index (χ4n) is 3.78. The van der Waals surface area contributed by atoms with Gasteiger partial charge in [0.1, 0.15) is 5.69 Å². The number of rotatable bonds is 3. The van der Waals surface area contributed by atoms with Crippen LogP contribution in [0.5, 0.6) is 0 Å². The fourth-order valence-corrected chi connectivity index (χ4v) is 3.78. The molecular weight excluding hydrogens is 348 g/mol. The van der Waals surface area contributed by atoms with Gasteiger partial charge in [0.2, 0.25) is 5.91 Å². The minimum atomic E-state index is -0.0366. The van der Waals surface area contributed by atoms with Gasteiger partial charge in [0.15, 0.2) is 0 Å². The minimum absolute atomic E-state index is 0.0366. The molecule has 5 heteroatoms. The van der Waals surface area contributed by atoms with Crippen molar-refractivity contribution in [2.24, 2.45) is 5.92 Å². The van der Waals surface area contributed by atoms with Crippen LogP contribution in [-0.4, -0.2) is 20.9 Å². The van der Waals surface area contributed by atoms with E-state index in [4.69, 9.17) is 0 Å². The van der Waals surface area contributed by atoms with Crippen molar-refractivity contribution in [2.75, 3.05) is 4.90 Å². The van der Waals surface area contributed by atoms with Crippen molar-refractivity contribution in [3.05, 3.63) is 54.1 Å². The number of carbonyl (C=O) groups is 1. The van der Waals surface area contributed by atoms with Crippen LogP contribution < -0.4 is 4.90 Å². The fraction of sp³-hybridized carbons (Fsp3) is 0.348. The molecule has 2 heterocycles. The predicted molar refractivity (Wildman–Crippen MR) is 112 cm³/mol. The summed E-state index contributed by atoms with van der Waals surface area (Å²) in [5, 5.41) is 9.02. The zero-order chi connectivity index (χ0) is 19.8. The Bertz CT molecular complexity index is 1020. The van der Waals surface area contributed by atoms with Crippen molar-refractivity contribution in [3.63, 3.8) is 0 Å². The summed E-state index contributed by atoms with van der Waals surface area (Å²) in [7, 11) is 0. The lowest BCUT2D eigenvalue weighted by atomic mass is 9.94. The molecule has 0 saturated heterocycles. The number of para-hydroxylation sites is 1. The van der Waals surface area contributed by atoms with E-state index in [9.17, 15) is 4.79 Å². The van der Waals surface area contributed by atoms with Crippen LogP contribution in [-0.2, 0) is 11.3 Å². The Morgan fingerprint density at radius 3 is 2.43 bits per heavy atom. The van der Waals surface area contributed by atoms with Crippen LogP contribution in [0, 0.1) is 5.92 Å². The van der Waals surface area contributed by atoms with Gasteiger partial charge in [-0.2, -0.15) is 0 Å². The van der Waals surface area contributed by atoms with Crippen molar-refractivity contribution in [1.82, 2.24) is 15.0 Å². The molecule has 2 aromatic carbocycles. The monoisotopic (exact) mass is 374 g/mol. The van der Waals surface area contributed by atoms with Crippen LogP contribution in [0.4, 0.5) is 5.69 Å². The summed E-state index contributed by atoms with van der Waals surface area (Å²) in [4.78, 5) is 15.2. The maximum atomic E-state index is 13.3. The van der Waals surface area contributed by atoms with Crippen LogP contribution in [0.2, 0.25) is 0 Å². The number of carbonyl (C=O) groups excluding carboxylic acids is 1. The SMILES string of the molecule is CCC(C)C(=O)N1Cc2ccccc2-c2c(nnn2C(C)C)-c2ccccc21.